The zero-order valence-corrected chi connectivity index (χ0v) is 14.9. The molecule has 0 bridgehead atoms. The second-order valence-electron chi connectivity index (χ2n) is 6.46. The summed E-state index contributed by atoms with van der Waals surface area (Å²) in [6.07, 6.45) is 3.03. The highest BCUT2D eigenvalue weighted by Gasteiger charge is 2.24. The minimum atomic E-state index is -0.513. The van der Waals surface area contributed by atoms with E-state index in [0.717, 1.165) is 11.1 Å². The Labute approximate surface area is 159 Å². The van der Waals surface area contributed by atoms with E-state index in [2.05, 4.69) is 0 Å². The first-order chi connectivity index (χ1) is 13.5. The SMILES string of the molecule is COC(=O)c1ccc2oc3c(c(=O)c2c1)CCC3=Cc1ccc([N+](=O)[O-])cc1. The first kappa shape index (κ1) is 17.7. The number of non-ortho nitro benzene ring substituents is 1. The lowest BCUT2D eigenvalue weighted by Gasteiger charge is -2.05. The predicted octanol–water partition coefficient (Wildman–Crippen LogP) is 3.97. The normalized spacial score (nSPS) is 14.2. The lowest BCUT2D eigenvalue weighted by molar-refractivity contribution is -0.384. The lowest BCUT2D eigenvalue weighted by Crippen LogP contribution is -2.10. The Bertz CT molecular complexity index is 1200. The average molecular weight is 377 g/mol. The number of fused-ring (bicyclic) bond motifs is 2. The first-order valence-corrected chi connectivity index (χ1v) is 8.61. The molecular formula is C21H15NO6. The molecule has 28 heavy (non-hydrogen) atoms. The second-order valence-corrected chi connectivity index (χ2v) is 6.46. The summed E-state index contributed by atoms with van der Waals surface area (Å²) in [6.45, 7) is 0. The van der Waals surface area contributed by atoms with E-state index in [9.17, 15) is 19.7 Å². The number of nitro benzene ring substituents is 1. The van der Waals surface area contributed by atoms with Gasteiger partial charge in [0.25, 0.3) is 5.69 Å². The second kappa shape index (κ2) is 6.77. The lowest BCUT2D eigenvalue weighted by atomic mass is 10.1. The number of hydrogen-bond donors (Lipinski definition) is 0. The fraction of sp³-hybridized carbons (Fsp3) is 0.143. The molecule has 1 aliphatic rings. The molecule has 0 fully saturated rings. The van der Waals surface area contributed by atoms with Crippen LogP contribution in [0.3, 0.4) is 0 Å². The van der Waals surface area contributed by atoms with Crippen molar-refractivity contribution in [2.24, 2.45) is 0 Å². The van der Waals surface area contributed by atoms with Gasteiger partial charge in [0.2, 0.25) is 0 Å². The third-order valence-corrected chi connectivity index (χ3v) is 4.79. The van der Waals surface area contributed by atoms with E-state index in [-0.39, 0.29) is 11.1 Å². The van der Waals surface area contributed by atoms with Crippen molar-refractivity contribution in [1.82, 2.24) is 0 Å². The standard InChI is InChI=1S/C21H15NO6/c1-27-21(24)14-5-9-18-17(11-14)19(23)16-8-4-13(20(16)28-18)10-12-2-6-15(7-3-12)22(25)26/h2-3,5-7,9-11H,4,8H2,1H3. The molecule has 0 spiro atoms. The van der Waals surface area contributed by atoms with Gasteiger partial charge in [-0.15, -0.1) is 0 Å². The number of carbonyl (C=O) groups is 1. The number of hydrogen-bond acceptors (Lipinski definition) is 6. The molecule has 0 N–H and O–H groups in total. The minimum absolute atomic E-state index is 0.0212. The third kappa shape index (κ3) is 2.96. The number of benzene rings is 2. The molecule has 0 saturated heterocycles. The van der Waals surface area contributed by atoms with E-state index in [1.165, 1.54) is 25.3 Å². The summed E-state index contributed by atoms with van der Waals surface area (Å²) in [5.41, 5.74) is 2.77. The highest BCUT2D eigenvalue weighted by molar-refractivity contribution is 5.95. The minimum Gasteiger partial charge on any atom is -0.465 e. The van der Waals surface area contributed by atoms with E-state index in [1.54, 1.807) is 24.3 Å². The van der Waals surface area contributed by atoms with Crippen LogP contribution in [-0.4, -0.2) is 18.0 Å². The van der Waals surface area contributed by atoms with Crippen molar-refractivity contribution in [1.29, 1.82) is 0 Å². The van der Waals surface area contributed by atoms with Gasteiger partial charge < -0.3 is 9.15 Å². The van der Waals surface area contributed by atoms with Crippen LogP contribution >= 0.6 is 0 Å². The topological polar surface area (TPSA) is 99.7 Å². The fourth-order valence-electron chi connectivity index (χ4n) is 3.37. The number of carbonyl (C=O) groups excluding carboxylic acids is 1. The molecule has 0 saturated carbocycles. The maximum atomic E-state index is 12.9. The summed E-state index contributed by atoms with van der Waals surface area (Å²) in [6, 6.07) is 10.8. The zero-order valence-electron chi connectivity index (χ0n) is 14.9. The van der Waals surface area contributed by atoms with E-state index in [1.807, 2.05) is 6.08 Å². The first-order valence-electron chi connectivity index (χ1n) is 8.61. The van der Waals surface area contributed by atoms with Crippen molar-refractivity contribution >= 4 is 34.3 Å². The van der Waals surface area contributed by atoms with Crippen LogP contribution in [0.4, 0.5) is 5.69 Å². The van der Waals surface area contributed by atoms with Crippen LogP contribution in [-0.2, 0) is 11.2 Å². The molecule has 7 heteroatoms. The maximum absolute atomic E-state index is 12.9. The molecule has 1 aliphatic carbocycles. The van der Waals surface area contributed by atoms with Gasteiger partial charge in [-0.3, -0.25) is 14.9 Å². The fourth-order valence-corrected chi connectivity index (χ4v) is 3.37. The summed E-state index contributed by atoms with van der Waals surface area (Å²) < 4.78 is 10.7. The van der Waals surface area contributed by atoms with Gasteiger partial charge in [0.1, 0.15) is 11.3 Å². The Balaban J connectivity index is 1.78. The average Bonchev–Trinajstić information content (AvgIpc) is 3.10. The van der Waals surface area contributed by atoms with Gasteiger partial charge in [-0.1, -0.05) is 0 Å². The molecule has 1 aromatic heterocycles. The Morgan fingerprint density at radius 3 is 2.61 bits per heavy atom. The van der Waals surface area contributed by atoms with Crippen LogP contribution in [0.15, 0.2) is 51.7 Å². The van der Waals surface area contributed by atoms with Gasteiger partial charge in [0.05, 0.1) is 23.0 Å². The van der Waals surface area contributed by atoms with Crippen LogP contribution in [0.2, 0.25) is 0 Å². The number of methoxy groups -OCH3 is 1. The van der Waals surface area contributed by atoms with Gasteiger partial charge in [-0.05, 0) is 60.4 Å². The monoisotopic (exact) mass is 377 g/mol. The van der Waals surface area contributed by atoms with Gasteiger partial charge in [0.15, 0.2) is 5.43 Å². The zero-order chi connectivity index (χ0) is 19.8. The maximum Gasteiger partial charge on any atom is 0.337 e. The molecule has 3 aromatic rings. The van der Waals surface area contributed by atoms with Crippen LogP contribution in [0, 0.1) is 10.1 Å². The van der Waals surface area contributed by atoms with E-state index in [4.69, 9.17) is 9.15 Å². The molecule has 7 nitrogen and oxygen atoms in total. The summed E-state index contributed by atoms with van der Waals surface area (Å²) in [7, 11) is 1.28. The van der Waals surface area contributed by atoms with Crippen molar-refractivity contribution < 1.29 is 18.9 Å². The molecule has 4 rings (SSSR count). The van der Waals surface area contributed by atoms with Crippen molar-refractivity contribution in [2.45, 2.75) is 12.8 Å². The van der Waals surface area contributed by atoms with Gasteiger partial charge in [-0.2, -0.15) is 0 Å². The number of esters is 1. The molecule has 0 unspecified atom stereocenters. The van der Waals surface area contributed by atoms with Crippen LogP contribution in [0.5, 0.6) is 0 Å². The predicted molar refractivity (Wildman–Crippen MR) is 103 cm³/mol. The van der Waals surface area contributed by atoms with Gasteiger partial charge in [-0.25, -0.2) is 4.79 Å². The smallest absolute Gasteiger partial charge is 0.337 e. The van der Waals surface area contributed by atoms with E-state index >= 15 is 0 Å². The molecule has 0 atom stereocenters. The Hall–Kier alpha value is -3.74. The van der Waals surface area contributed by atoms with Crippen LogP contribution in [0.25, 0.3) is 22.6 Å². The number of rotatable bonds is 3. The molecule has 140 valence electrons. The summed E-state index contributed by atoms with van der Waals surface area (Å²) in [4.78, 5) is 34.9. The van der Waals surface area contributed by atoms with Gasteiger partial charge >= 0.3 is 5.97 Å². The van der Waals surface area contributed by atoms with E-state index < -0.39 is 10.9 Å². The Kier molecular flexibility index (Phi) is 4.27. The largest absolute Gasteiger partial charge is 0.465 e. The Morgan fingerprint density at radius 1 is 1.18 bits per heavy atom. The number of nitrogens with zero attached hydrogens (tertiary/aromatic N) is 1. The molecular weight excluding hydrogens is 362 g/mol. The van der Waals surface area contributed by atoms with Crippen LogP contribution < -0.4 is 5.43 Å². The number of ether oxygens (including phenoxy) is 1. The van der Waals surface area contributed by atoms with Crippen molar-refractivity contribution in [3.05, 3.63) is 85.3 Å². The van der Waals surface area contributed by atoms with Crippen molar-refractivity contribution in [3.8, 4) is 0 Å². The third-order valence-electron chi connectivity index (χ3n) is 4.79. The quantitative estimate of drug-likeness (QED) is 0.389. The highest BCUT2D eigenvalue weighted by atomic mass is 16.6. The molecule has 2 aromatic carbocycles. The van der Waals surface area contributed by atoms with Crippen LogP contribution in [0.1, 0.15) is 33.7 Å². The van der Waals surface area contributed by atoms with E-state index in [0.29, 0.717) is 40.7 Å². The molecule has 1 heterocycles. The van der Waals surface area contributed by atoms with Crippen molar-refractivity contribution in [2.75, 3.05) is 7.11 Å². The van der Waals surface area contributed by atoms with Gasteiger partial charge in [0, 0.05) is 17.7 Å². The summed E-state index contributed by atoms with van der Waals surface area (Å²) >= 11 is 0. The highest BCUT2D eigenvalue weighted by Crippen LogP contribution is 2.34. The molecule has 0 amide bonds. The molecule has 0 radical (unpaired) electrons. The summed E-state index contributed by atoms with van der Waals surface area (Å²) in [5, 5.41) is 11.1. The summed E-state index contributed by atoms with van der Waals surface area (Å²) in [5.74, 6) is 0.0159. The van der Waals surface area contributed by atoms with Crippen molar-refractivity contribution in [3.63, 3.8) is 0 Å². The Morgan fingerprint density at radius 2 is 1.93 bits per heavy atom. The number of allylic oxidation sites excluding steroid dienone is 1. The molecule has 0 aliphatic heterocycles. The number of nitro groups is 1.